The minimum Gasteiger partial charge on any atom is -0.756 e. The fourth-order valence-electron chi connectivity index (χ4n) is 5.01. The van der Waals surface area contributed by atoms with Crippen LogP contribution in [0.25, 0.3) is 0 Å². The fraction of sp³-hybridized carbons (Fsp3) is 0.609. The first-order valence-electron chi connectivity index (χ1n) is 21.3. The van der Waals surface area contributed by atoms with Crippen molar-refractivity contribution < 1.29 is 57.4 Å². The Morgan fingerprint density at radius 3 is 1.93 bits per heavy atom. The molecule has 0 rings (SSSR count). The number of quaternary nitrogens is 1. The average Bonchev–Trinajstić information content (AvgIpc) is 3.17. The first kappa shape index (κ1) is 55.8. The number of nitrogens with zero attached hydrogens (tertiary/aromatic N) is 1. The Balaban J connectivity index is 4.77. The van der Waals surface area contributed by atoms with Crippen molar-refractivity contribution >= 4 is 19.8 Å². The Morgan fingerprint density at radius 2 is 1.25 bits per heavy atom. The predicted octanol–water partition coefficient (Wildman–Crippen LogP) is 8.07. The van der Waals surface area contributed by atoms with Gasteiger partial charge in [0, 0.05) is 12.8 Å². The maximum absolute atomic E-state index is 12.7. The van der Waals surface area contributed by atoms with E-state index in [-0.39, 0.29) is 32.3 Å². The van der Waals surface area contributed by atoms with E-state index >= 15 is 0 Å². The number of aliphatic hydroxyl groups excluding tert-OH is 3. The molecule has 0 aliphatic rings. The van der Waals surface area contributed by atoms with Crippen LogP contribution in [0.3, 0.4) is 0 Å². The molecule has 0 saturated carbocycles. The van der Waals surface area contributed by atoms with Crippen LogP contribution < -0.4 is 4.89 Å². The topological polar surface area (TPSA) is 172 Å². The predicted molar refractivity (Wildman–Crippen MR) is 235 cm³/mol. The third-order valence-electron chi connectivity index (χ3n) is 8.44. The summed E-state index contributed by atoms with van der Waals surface area (Å²) in [6.07, 6.45) is 36.7. The molecular formula is C46H76NO11P. The SMILES string of the molecule is CC/C=C\C/C=C\C/C=C\CCCCCCCC(=O)OC[C@H](COP(=O)([O-])OCC[N+](C)(C)C)OC(=O)CCC[C@@H](O)[C@H](O)\C=C/C=C\C=C\C=C\[C@@H](O)C/C=C\CC. The highest BCUT2D eigenvalue weighted by Gasteiger charge is 2.22. The van der Waals surface area contributed by atoms with Gasteiger partial charge in [0.2, 0.25) is 0 Å². The Bertz CT molecular complexity index is 1380. The number of aliphatic hydroxyl groups is 3. The molecule has 0 aliphatic carbocycles. The number of carbonyl (C=O) groups is 2. The van der Waals surface area contributed by atoms with Gasteiger partial charge in [-0.3, -0.25) is 14.2 Å². The van der Waals surface area contributed by atoms with Crippen molar-refractivity contribution in [1.82, 2.24) is 0 Å². The third-order valence-corrected chi connectivity index (χ3v) is 9.41. The molecule has 0 aromatic heterocycles. The standard InChI is InChI=1S/C46H76NO11P/c1-6-8-10-11-12-13-14-15-16-17-18-19-20-25-29-35-45(51)55-39-42(40-57-59(53,54)56-38-37-47(3,4)5)58-46(52)36-30-34-44(50)43(49)33-28-24-22-21-23-27-32-41(48)31-26-9-7-2/h8-10,12-13,15-16,21-24,26-28,32-33,41-44,48-50H,6-7,11,14,17-20,25,29-31,34-40H2,1-5H3/b10-8-,13-12-,16-15-,23-21+,24-22-,26-9-,32-27+,33-28-/t41-,42+,43+,44+/m0/s1. The van der Waals surface area contributed by atoms with Gasteiger partial charge >= 0.3 is 11.9 Å². The second-order valence-electron chi connectivity index (χ2n) is 15.2. The molecule has 3 N–H and O–H groups in total. The molecule has 13 heteroatoms. The summed E-state index contributed by atoms with van der Waals surface area (Å²) in [7, 11) is 0.916. The molecule has 12 nitrogen and oxygen atoms in total. The van der Waals surface area contributed by atoms with E-state index in [0.717, 1.165) is 57.8 Å². The molecule has 0 radical (unpaired) electrons. The number of phosphoric ester groups is 1. The quantitative estimate of drug-likeness (QED) is 0.0139. The normalized spacial score (nSPS) is 16.2. The molecule has 5 atom stereocenters. The van der Waals surface area contributed by atoms with Crippen molar-refractivity contribution in [3.8, 4) is 0 Å². The van der Waals surface area contributed by atoms with Crippen LogP contribution in [0.15, 0.2) is 97.2 Å². The van der Waals surface area contributed by atoms with Gasteiger partial charge in [0.15, 0.2) is 6.10 Å². The summed E-state index contributed by atoms with van der Waals surface area (Å²) in [4.78, 5) is 37.6. The zero-order valence-electron chi connectivity index (χ0n) is 36.5. The molecule has 59 heavy (non-hydrogen) atoms. The highest BCUT2D eigenvalue weighted by molar-refractivity contribution is 7.45. The second kappa shape index (κ2) is 36.6. The lowest BCUT2D eigenvalue weighted by molar-refractivity contribution is -0.870. The van der Waals surface area contributed by atoms with Crippen molar-refractivity contribution in [3.05, 3.63) is 97.2 Å². The minimum absolute atomic E-state index is 0.0859. The van der Waals surface area contributed by atoms with Gasteiger partial charge in [0.05, 0.1) is 46.1 Å². The number of hydrogen-bond acceptors (Lipinski definition) is 11. The van der Waals surface area contributed by atoms with Gasteiger partial charge in [-0.1, -0.05) is 130 Å². The Labute approximate surface area is 355 Å². The number of ether oxygens (including phenoxy) is 2. The Kier molecular flexibility index (Phi) is 34.7. The zero-order chi connectivity index (χ0) is 44.0. The van der Waals surface area contributed by atoms with E-state index in [1.165, 1.54) is 6.08 Å². The molecule has 0 amide bonds. The van der Waals surface area contributed by atoms with E-state index in [2.05, 4.69) is 43.4 Å². The lowest BCUT2D eigenvalue weighted by Crippen LogP contribution is -2.37. The highest BCUT2D eigenvalue weighted by Crippen LogP contribution is 2.38. The second-order valence-corrected chi connectivity index (χ2v) is 16.6. The van der Waals surface area contributed by atoms with E-state index < -0.39 is 57.4 Å². The lowest BCUT2D eigenvalue weighted by Gasteiger charge is -2.28. The fourth-order valence-corrected chi connectivity index (χ4v) is 5.74. The maximum atomic E-state index is 12.7. The first-order valence-corrected chi connectivity index (χ1v) is 22.7. The zero-order valence-corrected chi connectivity index (χ0v) is 37.4. The monoisotopic (exact) mass is 850 g/mol. The van der Waals surface area contributed by atoms with Crippen molar-refractivity contribution in [2.45, 2.75) is 135 Å². The highest BCUT2D eigenvalue weighted by atomic mass is 31.2. The molecule has 0 aliphatic heterocycles. The van der Waals surface area contributed by atoms with Gasteiger partial charge in [-0.15, -0.1) is 0 Å². The number of likely N-dealkylation sites (N-methyl/N-ethyl adjacent to an activating group) is 1. The van der Waals surface area contributed by atoms with Crippen LogP contribution in [-0.4, -0.2) is 104 Å². The van der Waals surface area contributed by atoms with E-state index in [1.54, 1.807) is 42.5 Å². The van der Waals surface area contributed by atoms with E-state index in [4.69, 9.17) is 18.5 Å². The van der Waals surface area contributed by atoms with Gasteiger partial charge in [-0.05, 0) is 64.2 Å². The van der Waals surface area contributed by atoms with Crippen molar-refractivity contribution in [2.24, 2.45) is 0 Å². The van der Waals surface area contributed by atoms with Gasteiger partial charge in [-0.2, -0.15) is 0 Å². The third kappa shape index (κ3) is 38.7. The molecule has 0 aromatic carbocycles. The molecule has 0 fully saturated rings. The number of unbranched alkanes of at least 4 members (excludes halogenated alkanes) is 5. The number of allylic oxidation sites excluding steroid dienone is 13. The smallest absolute Gasteiger partial charge is 0.306 e. The molecule has 0 heterocycles. The number of rotatable bonds is 36. The van der Waals surface area contributed by atoms with Crippen LogP contribution in [0, 0.1) is 0 Å². The number of hydrogen-bond donors (Lipinski definition) is 3. The molecule has 0 aromatic rings. The average molecular weight is 850 g/mol. The van der Waals surface area contributed by atoms with Crippen LogP contribution in [-0.2, 0) is 32.7 Å². The summed E-state index contributed by atoms with van der Waals surface area (Å²) in [5.74, 6) is -1.20. The molecule has 336 valence electrons. The maximum Gasteiger partial charge on any atom is 0.306 e. The number of esters is 2. The summed E-state index contributed by atoms with van der Waals surface area (Å²) in [5.41, 5.74) is 0. The van der Waals surface area contributed by atoms with Crippen molar-refractivity contribution in [2.75, 3.05) is 47.5 Å². The van der Waals surface area contributed by atoms with Gasteiger partial charge < -0.3 is 43.2 Å². The van der Waals surface area contributed by atoms with E-state index in [1.807, 2.05) is 40.2 Å². The summed E-state index contributed by atoms with van der Waals surface area (Å²) in [6, 6.07) is 0. The Morgan fingerprint density at radius 1 is 0.678 bits per heavy atom. The van der Waals surface area contributed by atoms with Crippen LogP contribution in [0.4, 0.5) is 0 Å². The molecule has 0 saturated heterocycles. The van der Waals surface area contributed by atoms with Crippen LogP contribution in [0.2, 0.25) is 0 Å². The first-order chi connectivity index (χ1) is 28.2. The summed E-state index contributed by atoms with van der Waals surface area (Å²) >= 11 is 0. The van der Waals surface area contributed by atoms with Crippen LogP contribution in [0.1, 0.15) is 110 Å². The Hall–Kier alpha value is -3.19. The lowest BCUT2D eigenvalue weighted by atomic mass is 10.1. The van der Waals surface area contributed by atoms with E-state index in [0.29, 0.717) is 23.9 Å². The molecule has 0 spiro atoms. The summed E-state index contributed by atoms with van der Waals surface area (Å²) in [5, 5.41) is 30.5. The largest absolute Gasteiger partial charge is 0.756 e. The van der Waals surface area contributed by atoms with Crippen molar-refractivity contribution in [1.29, 1.82) is 0 Å². The molecular weight excluding hydrogens is 773 g/mol. The molecule has 0 bridgehead atoms. The number of phosphoric acid groups is 1. The number of carbonyl (C=O) groups excluding carboxylic acids is 2. The summed E-state index contributed by atoms with van der Waals surface area (Å²) < 4.78 is 33.5. The van der Waals surface area contributed by atoms with Gasteiger partial charge in [0.1, 0.15) is 19.8 Å². The summed E-state index contributed by atoms with van der Waals surface area (Å²) in [6.45, 7) is 3.46. The van der Waals surface area contributed by atoms with Crippen LogP contribution in [0.5, 0.6) is 0 Å². The van der Waals surface area contributed by atoms with E-state index in [9.17, 15) is 34.4 Å². The van der Waals surface area contributed by atoms with Gasteiger partial charge in [-0.25, -0.2) is 0 Å². The van der Waals surface area contributed by atoms with Gasteiger partial charge in [0.25, 0.3) is 7.82 Å². The molecule has 1 unspecified atom stereocenters. The minimum atomic E-state index is -4.73. The van der Waals surface area contributed by atoms with Crippen molar-refractivity contribution in [3.63, 3.8) is 0 Å². The van der Waals surface area contributed by atoms with Crippen LogP contribution >= 0.6 is 7.82 Å².